The minimum atomic E-state index is -3.61. The zero-order valence-corrected chi connectivity index (χ0v) is 23.2. The molecule has 1 heterocycles. The molecule has 38 heavy (non-hydrogen) atoms. The smallest absolute Gasteiger partial charge is 0.253 e. The maximum absolute atomic E-state index is 13.1. The molecule has 0 spiro atoms. The number of sulfonamides is 1. The van der Waals surface area contributed by atoms with E-state index in [1.165, 1.54) is 10.4 Å². The van der Waals surface area contributed by atoms with E-state index in [9.17, 15) is 18.0 Å². The lowest BCUT2D eigenvalue weighted by Gasteiger charge is -2.30. The summed E-state index contributed by atoms with van der Waals surface area (Å²) in [6.07, 6.45) is 0.748. The molecule has 3 aromatic carbocycles. The van der Waals surface area contributed by atoms with Gasteiger partial charge in [0.25, 0.3) is 5.91 Å². The summed E-state index contributed by atoms with van der Waals surface area (Å²) in [6.45, 7) is 2.35. The van der Waals surface area contributed by atoms with Crippen molar-refractivity contribution < 1.29 is 18.0 Å². The monoisotopic (exact) mass is 573 g/mol. The van der Waals surface area contributed by atoms with Gasteiger partial charge < -0.3 is 10.6 Å². The molecule has 1 atom stereocenters. The molecule has 200 valence electrons. The van der Waals surface area contributed by atoms with Gasteiger partial charge in [-0.05, 0) is 55.2 Å². The van der Waals surface area contributed by atoms with Crippen molar-refractivity contribution in [2.24, 2.45) is 5.92 Å². The van der Waals surface area contributed by atoms with Crippen LogP contribution >= 0.6 is 23.2 Å². The fourth-order valence-corrected chi connectivity index (χ4v) is 6.60. The molecule has 0 aliphatic carbocycles. The van der Waals surface area contributed by atoms with E-state index >= 15 is 0 Å². The largest absolute Gasteiger partial charge is 0.345 e. The van der Waals surface area contributed by atoms with Crippen LogP contribution in [0.25, 0.3) is 0 Å². The Hall–Kier alpha value is -2.91. The van der Waals surface area contributed by atoms with Crippen molar-refractivity contribution in [2.45, 2.75) is 31.6 Å². The summed E-state index contributed by atoms with van der Waals surface area (Å²) in [6, 6.07) is 21.0. The Bertz CT molecular complexity index is 1410. The van der Waals surface area contributed by atoms with E-state index in [1.807, 2.05) is 37.3 Å². The lowest BCUT2D eigenvalue weighted by Crippen LogP contribution is -2.42. The fraction of sp³-hybridized carbons (Fsp3) is 0.286. The summed E-state index contributed by atoms with van der Waals surface area (Å²) in [5.74, 6) is -1.14. The van der Waals surface area contributed by atoms with Crippen molar-refractivity contribution in [3.8, 4) is 0 Å². The summed E-state index contributed by atoms with van der Waals surface area (Å²) in [4.78, 5) is 26.1. The molecule has 0 radical (unpaired) electrons. The third-order valence-corrected chi connectivity index (χ3v) is 9.06. The second kappa shape index (κ2) is 12.3. The minimum absolute atomic E-state index is 0.207. The van der Waals surface area contributed by atoms with Gasteiger partial charge in [0.15, 0.2) is 0 Å². The second-order valence-corrected chi connectivity index (χ2v) is 12.1. The molecular weight excluding hydrogens is 545 g/mol. The van der Waals surface area contributed by atoms with Gasteiger partial charge in [-0.25, -0.2) is 12.7 Å². The molecule has 2 N–H and O–H groups in total. The molecule has 1 aliphatic rings. The summed E-state index contributed by atoms with van der Waals surface area (Å²) in [5, 5.41) is 6.60. The molecule has 2 amide bonds. The van der Waals surface area contributed by atoms with E-state index in [1.54, 1.807) is 36.4 Å². The van der Waals surface area contributed by atoms with Gasteiger partial charge in [0, 0.05) is 29.1 Å². The molecule has 4 rings (SSSR count). The Morgan fingerprint density at radius 3 is 2.32 bits per heavy atom. The molecule has 1 saturated heterocycles. The van der Waals surface area contributed by atoms with E-state index in [2.05, 4.69) is 10.6 Å². The predicted molar refractivity (Wildman–Crippen MR) is 151 cm³/mol. The van der Waals surface area contributed by atoms with Gasteiger partial charge in [0.05, 0.1) is 23.0 Å². The third kappa shape index (κ3) is 6.94. The summed E-state index contributed by atoms with van der Waals surface area (Å²) >= 11 is 12.1. The highest BCUT2D eigenvalue weighted by atomic mass is 35.5. The predicted octanol–water partition coefficient (Wildman–Crippen LogP) is 5.66. The number of rotatable bonds is 8. The van der Waals surface area contributed by atoms with Crippen molar-refractivity contribution in [1.82, 2.24) is 9.62 Å². The first kappa shape index (κ1) is 28.1. The Morgan fingerprint density at radius 1 is 0.974 bits per heavy atom. The number of hydrogen-bond donors (Lipinski definition) is 2. The van der Waals surface area contributed by atoms with Gasteiger partial charge in [-0.1, -0.05) is 71.7 Å². The van der Waals surface area contributed by atoms with Gasteiger partial charge >= 0.3 is 0 Å². The van der Waals surface area contributed by atoms with Gasteiger partial charge in [0.2, 0.25) is 15.9 Å². The summed E-state index contributed by atoms with van der Waals surface area (Å²) < 4.78 is 27.3. The maximum atomic E-state index is 13.1. The first-order valence-electron chi connectivity index (χ1n) is 12.3. The van der Waals surface area contributed by atoms with Gasteiger partial charge in [-0.15, -0.1) is 0 Å². The molecule has 1 unspecified atom stereocenters. The summed E-state index contributed by atoms with van der Waals surface area (Å²) in [7, 11) is -3.61. The number of nitrogens with zero attached hydrogens (tertiary/aromatic N) is 1. The van der Waals surface area contributed by atoms with Crippen LogP contribution in [0, 0.1) is 5.92 Å². The molecule has 3 aromatic rings. The normalized spacial score (nSPS) is 15.6. The topological polar surface area (TPSA) is 95.6 Å². The zero-order valence-electron chi connectivity index (χ0n) is 20.9. The van der Waals surface area contributed by atoms with Crippen LogP contribution in [0.15, 0.2) is 72.8 Å². The van der Waals surface area contributed by atoms with Crippen LogP contribution in [0.4, 0.5) is 5.69 Å². The second-order valence-electron chi connectivity index (χ2n) is 9.31. The average Bonchev–Trinajstić information content (AvgIpc) is 2.91. The van der Waals surface area contributed by atoms with Crippen LogP contribution in [0.3, 0.4) is 0 Å². The molecule has 0 aromatic heterocycles. The standard InChI is InChI=1S/C28H29Cl2N3O4S/c1-19(20-7-3-2-4-8-20)31-28(35)24-9-5-6-10-26(24)32-27(34)21-13-15-33(16-14-21)38(36,37)18-22-11-12-23(29)17-25(22)30/h2-12,17,19,21H,13-16,18H2,1H3,(H,31,35)(H,32,34). The number of halogens is 2. The van der Waals surface area contributed by atoms with E-state index in [4.69, 9.17) is 23.2 Å². The molecule has 7 nitrogen and oxygen atoms in total. The number of amides is 2. The number of para-hydroxylation sites is 1. The van der Waals surface area contributed by atoms with Gasteiger partial charge in [-0.2, -0.15) is 0 Å². The third-order valence-electron chi connectivity index (χ3n) is 6.65. The first-order chi connectivity index (χ1) is 18.1. The highest BCUT2D eigenvalue weighted by molar-refractivity contribution is 7.88. The van der Waals surface area contributed by atoms with Crippen LogP contribution in [0.1, 0.15) is 47.3 Å². The maximum Gasteiger partial charge on any atom is 0.253 e. The zero-order chi connectivity index (χ0) is 27.3. The van der Waals surface area contributed by atoms with Crippen LogP contribution < -0.4 is 10.6 Å². The molecular formula is C28H29Cl2N3O4S. The van der Waals surface area contributed by atoms with E-state index in [0.717, 1.165) is 5.56 Å². The average molecular weight is 575 g/mol. The van der Waals surface area contributed by atoms with Crippen molar-refractivity contribution in [2.75, 3.05) is 18.4 Å². The molecule has 0 saturated carbocycles. The number of hydrogen-bond acceptors (Lipinski definition) is 4. The number of carbonyl (C=O) groups excluding carboxylic acids is 2. The molecule has 0 bridgehead atoms. The van der Waals surface area contributed by atoms with Crippen LogP contribution in [0.2, 0.25) is 10.0 Å². The number of piperidine rings is 1. The minimum Gasteiger partial charge on any atom is -0.345 e. The van der Waals surface area contributed by atoms with E-state index < -0.39 is 10.0 Å². The SMILES string of the molecule is CC(NC(=O)c1ccccc1NC(=O)C1CCN(S(=O)(=O)Cc2ccc(Cl)cc2Cl)CC1)c1ccccc1. The first-order valence-corrected chi connectivity index (χ1v) is 14.7. The Balaban J connectivity index is 1.36. The Labute approximate surface area is 233 Å². The molecule has 1 fully saturated rings. The molecule has 1 aliphatic heterocycles. The van der Waals surface area contributed by atoms with Crippen molar-refractivity contribution in [1.29, 1.82) is 0 Å². The van der Waals surface area contributed by atoms with E-state index in [-0.39, 0.29) is 42.6 Å². The Kier molecular flexibility index (Phi) is 9.10. The van der Waals surface area contributed by atoms with Crippen molar-refractivity contribution in [3.63, 3.8) is 0 Å². The number of nitrogens with one attached hydrogen (secondary N) is 2. The lowest BCUT2D eigenvalue weighted by atomic mass is 9.97. The quantitative estimate of drug-likeness (QED) is 0.363. The van der Waals surface area contributed by atoms with Crippen LogP contribution in [-0.2, 0) is 20.6 Å². The highest BCUT2D eigenvalue weighted by Gasteiger charge is 2.32. The fourth-order valence-electron chi connectivity index (χ4n) is 4.45. The lowest BCUT2D eigenvalue weighted by molar-refractivity contribution is -0.120. The van der Waals surface area contributed by atoms with Gasteiger partial charge in [0.1, 0.15) is 0 Å². The van der Waals surface area contributed by atoms with Crippen molar-refractivity contribution >= 4 is 50.7 Å². The highest BCUT2D eigenvalue weighted by Crippen LogP contribution is 2.27. The van der Waals surface area contributed by atoms with E-state index in [0.29, 0.717) is 39.7 Å². The number of benzene rings is 3. The molecule has 10 heteroatoms. The summed E-state index contributed by atoms with van der Waals surface area (Å²) in [5.41, 5.74) is 2.24. The Morgan fingerprint density at radius 2 is 1.63 bits per heavy atom. The van der Waals surface area contributed by atoms with Crippen molar-refractivity contribution in [3.05, 3.63) is 99.5 Å². The number of anilines is 1. The van der Waals surface area contributed by atoms with Crippen LogP contribution in [-0.4, -0.2) is 37.6 Å². The van der Waals surface area contributed by atoms with Crippen LogP contribution in [0.5, 0.6) is 0 Å². The van der Waals surface area contributed by atoms with Gasteiger partial charge in [-0.3, -0.25) is 9.59 Å². The number of carbonyl (C=O) groups is 2.